The minimum Gasteiger partial charge on any atom is -0.515 e. The van der Waals surface area contributed by atoms with Crippen molar-refractivity contribution in [3.8, 4) is 0 Å². The minimum atomic E-state index is -1.43. The van der Waals surface area contributed by atoms with E-state index in [0.717, 1.165) is 0 Å². The summed E-state index contributed by atoms with van der Waals surface area (Å²) in [5.74, 6) is -0.326. The number of hydrogen-bond donors (Lipinski definition) is 1. The summed E-state index contributed by atoms with van der Waals surface area (Å²) < 4.78 is -1.43. The van der Waals surface area contributed by atoms with Gasteiger partial charge in [0.25, 0.3) is 0 Å². The molecule has 0 heterocycles. The zero-order valence-corrected chi connectivity index (χ0v) is 8.51. The Bertz CT molecular complexity index is 436. The molecule has 0 bridgehead atoms. The number of hydrogen-bond acceptors (Lipinski definition) is 2. The summed E-state index contributed by atoms with van der Waals surface area (Å²) in [5.41, 5.74) is 0.966. The molecule has 0 saturated carbocycles. The van der Waals surface area contributed by atoms with E-state index in [1.807, 2.05) is 0 Å². The van der Waals surface area contributed by atoms with Gasteiger partial charge in [-0.3, -0.25) is 4.79 Å². The number of carbonyl (C=O) groups is 1. The number of halogens is 2. The first-order valence-electron chi connectivity index (χ1n) is 3.96. The lowest BCUT2D eigenvalue weighted by Gasteiger charge is -2.13. The van der Waals surface area contributed by atoms with Crippen LogP contribution in [0.25, 0.3) is 0 Å². The number of carbonyl (C=O) groups excluding carboxylic acids is 1. The lowest BCUT2D eigenvalue weighted by atomic mass is 10.1. The van der Waals surface area contributed by atoms with E-state index in [-0.39, 0.29) is 11.4 Å². The first kappa shape index (κ1) is 9.56. The van der Waals surface area contributed by atoms with Crippen molar-refractivity contribution in [2.75, 3.05) is 0 Å². The molecule has 1 aromatic rings. The van der Waals surface area contributed by atoms with Gasteiger partial charge in [0.2, 0.25) is 0 Å². The lowest BCUT2D eigenvalue weighted by molar-refractivity contribution is 0.103. The summed E-state index contributed by atoms with van der Waals surface area (Å²) in [4.78, 5) is 11.6. The molecule has 1 aromatic carbocycles. The lowest BCUT2D eigenvalue weighted by Crippen LogP contribution is -2.10. The summed E-state index contributed by atoms with van der Waals surface area (Å²) >= 11 is 12.0. The molecule has 1 aliphatic rings. The van der Waals surface area contributed by atoms with Crippen molar-refractivity contribution >= 4 is 29.0 Å². The summed E-state index contributed by atoms with van der Waals surface area (Å²) in [6.07, 6.45) is 0.669. The fraction of sp³-hybridized carbons (Fsp3) is 0.100. The number of benzene rings is 1. The standard InChI is InChI=1S/C10H6Cl2O2/c11-10(12)7-4-2-1-3-6(7)9(14)8(10)5-13/h1-5,13H/b8-5+. The third-order valence-corrected chi connectivity index (χ3v) is 3.04. The van der Waals surface area contributed by atoms with Gasteiger partial charge in [0.15, 0.2) is 10.1 Å². The van der Waals surface area contributed by atoms with Gasteiger partial charge in [0, 0.05) is 11.1 Å². The molecule has 2 rings (SSSR count). The fourth-order valence-electron chi connectivity index (χ4n) is 1.53. The van der Waals surface area contributed by atoms with Crippen LogP contribution in [-0.4, -0.2) is 10.9 Å². The average Bonchev–Trinajstić information content (AvgIpc) is 2.36. The van der Waals surface area contributed by atoms with Gasteiger partial charge in [-0.15, -0.1) is 0 Å². The first-order chi connectivity index (χ1) is 6.59. The largest absolute Gasteiger partial charge is 0.515 e. The number of aliphatic hydroxyl groups is 1. The molecule has 0 saturated heterocycles. The van der Waals surface area contributed by atoms with Gasteiger partial charge in [-0.05, 0) is 0 Å². The molecule has 0 unspecified atom stereocenters. The molecule has 0 aromatic heterocycles. The molecule has 1 aliphatic carbocycles. The maximum absolute atomic E-state index is 11.6. The van der Waals surface area contributed by atoms with Crippen molar-refractivity contribution in [2.24, 2.45) is 0 Å². The Morgan fingerprint density at radius 2 is 1.93 bits per heavy atom. The van der Waals surface area contributed by atoms with Gasteiger partial charge < -0.3 is 5.11 Å². The van der Waals surface area contributed by atoms with E-state index in [4.69, 9.17) is 28.3 Å². The number of Topliss-reactive ketones (excluding diaryl/α,β-unsaturated/α-hetero) is 1. The van der Waals surface area contributed by atoms with Crippen LogP contribution >= 0.6 is 23.2 Å². The summed E-state index contributed by atoms with van der Waals surface area (Å²) in [5, 5.41) is 8.89. The number of aliphatic hydroxyl groups excluding tert-OH is 1. The monoisotopic (exact) mass is 228 g/mol. The predicted molar refractivity (Wildman–Crippen MR) is 54.9 cm³/mol. The topological polar surface area (TPSA) is 37.3 Å². The maximum atomic E-state index is 11.6. The Morgan fingerprint density at radius 1 is 1.29 bits per heavy atom. The Kier molecular flexibility index (Phi) is 2.05. The van der Waals surface area contributed by atoms with Gasteiger partial charge in [0.1, 0.15) is 0 Å². The van der Waals surface area contributed by atoms with E-state index in [9.17, 15) is 4.79 Å². The van der Waals surface area contributed by atoms with Crippen LogP contribution in [-0.2, 0) is 4.33 Å². The van der Waals surface area contributed by atoms with Crippen molar-refractivity contribution in [3.63, 3.8) is 0 Å². The van der Waals surface area contributed by atoms with Crippen LogP contribution in [0.1, 0.15) is 15.9 Å². The number of allylic oxidation sites excluding steroid dienone is 1. The molecule has 72 valence electrons. The quantitative estimate of drug-likeness (QED) is 0.421. The highest BCUT2D eigenvalue weighted by Gasteiger charge is 2.45. The van der Waals surface area contributed by atoms with Crippen LogP contribution in [0.5, 0.6) is 0 Å². The van der Waals surface area contributed by atoms with Crippen molar-refractivity contribution < 1.29 is 9.90 Å². The molecule has 0 aliphatic heterocycles. The molecule has 0 atom stereocenters. The third-order valence-electron chi connectivity index (χ3n) is 2.22. The second kappa shape index (κ2) is 3.01. The van der Waals surface area contributed by atoms with Crippen LogP contribution in [0.2, 0.25) is 0 Å². The molecular formula is C10H6Cl2O2. The van der Waals surface area contributed by atoms with Crippen LogP contribution in [0.4, 0.5) is 0 Å². The smallest absolute Gasteiger partial charge is 0.195 e. The van der Waals surface area contributed by atoms with Crippen LogP contribution in [0.15, 0.2) is 36.1 Å². The highest BCUT2D eigenvalue weighted by molar-refractivity contribution is 6.54. The molecule has 4 heteroatoms. The van der Waals surface area contributed by atoms with E-state index < -0.39 is 4.33 Å². The minimum absolute atomic E-state index is 0.00188. The number of fused-ring (bicyclic) bond motifs is 1. The molecule has 0 radical (unpaired) electrons. The Morgan fingerprint density at radius 3 is 2.50 bits per heavy atom. The number of ketones is 1. The summed E-state index contributed by atoms with van der Waals surface area (Å²) in [6.45, 7) is 0. The molecule has 2 nitrogen and oxygen atoms in total. The highest BCUT2D eigenvalue weighted by atomic mass is 35.5. The maximum Gasteiger partial charge on any atom is 0.195 e. The molecule has 0 spiro atoms. The Hall–Kier alpha value is -0.990. The molecular weight excluding hydrogens is 223 g/mol. The van der Waals surface area contributed by atoms with Crippen LogP contribution < -0.4 is 0 Å². The predicted octanol–water partition coefficient (Wildman–Crippen LogP) is 2.96. The number of alkyl halides is 2. The van der Waals surface area contributed by atoms with Crippen molar-refractivity contribution in [1.29, 1.82) is 0 Å². The highest BCUT2D eigenvalue weighted by Crippen LogP contribution is 2.48. The summed E-state index contributed by atoms with van der Waals surface area (Å²) in [7, 11) is 0. The van der Waals surface area contributed by atoms with E-state index in [0.29, 0.717) is 17.4 Å². The van der Waals surface area contributed by atoms with Crippen LogP contribution in [0, 0.1) is 0 Å². The van der Waals surface area contributed by atoms with E-state index in [1.54, 1.807) is 24.3 Å². The number of rotatable bonds is 0. The molecule has 1 N–H and O–H groups in total. The zero-order valence-electron chi connectivity index (χ0n) is 7.00. The van der Waals surface area contributed by atoms with Gasteiger partial charge in [0.05, 0.1) is 11.8 Å². The van der Waals surface area contributed by atoms with Gasteiger partial charge in [-0.1, -0.05) is 47.5 Å². The second-order valence-corrected chi connectivity index (χ2v) is 4.32. The Balaban J connectivity index is 2.74. The summed E-state index contributed by atoms with van der Waals surface area (Å²) in [6, 6.07) is 6.77. The van der Waals surface area contributed by atoms with Crippen LogP contribution in [0.3, 0.4) is 0 Å². The SMILES string of the molecule is O=C1/C(=C\O)C(Cl)(Cl)c2ccccc21. The van der Waals surface area contributed by atoms with Gasteiger partial charge in [-0.2, -0.15) is 0 Å². The van der Waals surface area contributed by atoms with E-state index >= 15 is 0 Å². The van der Waals surface area contributed by atoms with Crippen molar-refractivity contribution in [2.45, 2.75) is 4.33 Å². The van der Waals surface area contributed by atoms with E-state index in [2.05, 4.69) is 0 Å². The first-order valence-corrected chi connectivity index (χ1v) is 4.71. The second-order valence-electron chi connectivity index (χ2n) is 2.99. The third kappa shape index (κ3) is 1.08. The Labute approximate surface area is 90.8 Å². The van der Waals surface area contributed by atoms with Crippen molar-refractivity contribution in [1.82, 2.24) is 0 Å². The normalized spacial score (nSPS) is 21.3. The fourth-order valence-corrected chi connectivity index (χ4v) is 2.13. The molecule has 0 fully saturated rings. The average molecular weight is 229 g/mol. The van der Waals surface area contributed by atoms with Crippen molar-refractivity contribution in [3.05, 3.63) is 47.2 Å². The van der Waals surface area contributed by atoms with E-state index in [1.165, 1.54) is 0 Å². The van der Waals surface area contributed by atoms with Gasteiger partial charge in [-0.25, -0.2) is 0 Å². The van der Waals surface area contributed by atoms with Gasteiger partial charge >= 0.3 is 0 Å². The molecule has 14 heavy (non-hydrogen) atoms. The molecule has 0 amide bonds. The zero-order chi connectivity index (χ0) is 10.3.